The second-order valence-electron chi connectivity index (χ2n) is 6.56. The molecule has 0 unspecified atom stereocenters. The van der Waals surface area contributed by atoms with Crippen molar-refractivity contribution in [2.75, 3.05) is 5.32 Å². The Balaban J connectivity index is 1.78. The first-order chi connectivity index (χ1) is 13.0. The molecule has 1 N–H and O–H groups in total. The van der Waals surface area contributed by atoms with Crippen LogP contribution in [0.2, 0.25) is 0 Å². The van der Waals surface area contributed by atoms with Gasteiger partial charge in [0.05, 0.1) is 17.2 Å². The molecule has 3 aromatic heterocycles. The van der Waals surface area contributed by atoms with Gasteiger partial charge in [-0.1, -0.05) is 12.1 Å². The Morgan fingerprint density at radius 1 is 1.07 bits per heavy atom. The molecule has 0 spiro atoms. The quantitative estimate of drug-likeness (QED) is 0.572. The number of benzene rings is 1. The number of fused-ring (bicyclic) bond motifs is 1. The molecule has 0 radical (unpaired) electrons. The van der Waals surface area contributed by atoms with Gasteiger partial charge in [-0.15, -0.1) is 0 Å². The van der Waals surface area contributed by atoms with Crippen LogP contribution in [-0.4, -0.2) is 24.5 Å². The van der Waals surface area contributed by atoms with E-state index in [1.807, 2.05) is 37.3 Å². The van der Waals surface area contributed by atoms with E-state index >= 15 is 0 Å². The topological polar surface area (TPSA) is 68.5 Å². The van der Waals surface area contributed by atoms with Crippen LogP contribution in [-0.2, 0) is 0 Å². The fraction of sp³-hybridized carbons (Fsp3) is 0.200. The van der Waals surface area contributed by atoms with E-state index in [1.165, 1.54) is 6.20 Å². The van der Waals surface area contributed by atoms with Gasteiger partial charge in [0.15, 0.2) is 5.82 Å². The number of halogens is 1. The Hall–Kier alpha value is -3.35. The summed E-state index contributed by atoms with van der Waals surface area (Å²) in [6, 6.07) is 11.4. The first kappa shape index (κ1) is 17.1. The highest BCUT2D eigenvalue weighted by Crippen LogP contribution is 2.28. The van der Waals surface area contributed by atoms with Gasteiger partial charge in [-0.2, -0.15) is 0 Å². The Kier molecular flexibility index (Phi) is 4.27. The summed E-state index contributed by atoms with van der Waals surface area (Å²) in [7, 11) is 0. The molecule has 0 saturated carbocycles. The SMILES string of the molecule is Cc1nc2ccc(-c3nc(Nc4ccccn4)ncc3F)cc2n1C(C)C. The van der Waals surface area contributed by atoms with E-state index in [4.69, 9.17) is 0 Å². The lowest BCUT2D eigenvalue weighted by Gasteiger charge is -2.12. The fourth-order valence-electron chi connectivity index (χ4n) is 3.19. The monoisotopic (exact) mass is 362 g/mol. The molecule has 0 aliphatic rings. The lowest BCUT2D eigenvalue weighted by Crippen LogP contribution is -2.03. The molecule has 4 aromatic rings. The molecule has 0 aliphatic carbocycles. The predicted molar refractivity (Wildman–Crippen MR) is 103 cm³/mol. The number of pyridine rings is 1. The van der Waals surface area contributed by atoms with E-state index in [0.29, 0.717) is 17.3 Å². The van der Waals surface area contributed by atoms with E-state index in [9.17, 15) is 4.39 Å². The molecule has 1 aromatic carbocycles. The van der Waals surface area contributed by atoms with Gasteiger partial charge in [0, 0.05) is 17.8 Å². The van der Waals surface area contributed by atoms with Crippen LogP contribution in [0.15, 0.2) is 48.8 Å². The van der Waals surface area contributed by atoms with Gasteiger partial charge in [-0.25, -0.2) is 24.3 Å². The van der Waals surface area contributed by atoms with Crippen molar-refractivity contribution in [3.63, 3.8) is 0 Å². The van der Waals surface area contributed by atoms with Crippen LogP contribution in [0.3, 0.4) is 0 Å². The minimum absolute atomic E-state index is 0.236. The Morgan fingerprint density at radius 3 is 2.67 bits per heavy atom. The molecule has 7 heteroatoms. The van der Waals surface area contributed by atoms with E-state index < -0.39 is 5.82 Å². The molecule has 0 fully saturated rings. The second kappa shape index (κ2) is 6.75. The maximum absolute atomic E-state index is 14.5. The number of nitrogens with one attached hydrogen (secondary N) is 1. The Bertz CT molecular complexity index is 1100. The van der Waals surface area contributed by atoms with E-state index in [0.717, 1.165) is 16.9 Å². The predicted octanol–water partition coefficient (Wildman–Crippen LogP) is 4.66. The van der Waals surface area contributed by atoms with Gasteiger partial charge < -0.3 is 9.88 Å². The van der Waals surface area contributed by atoms with Crippen LogP contribution in [0.4, 0.5) is 16.2 Å². The van der Waals surface area contributed by atoms with Gasteiger partial charge in [0.1, 0.15) is 17.3 Å². The van der Waals surface area contributed by atoms with E-state index in [-0.39, 0.29) is 11.7 Å². The zero-order valence-electron chi connectivity index (χ0n) is 15.3. The van der Waals surface area contributed by atoms with Crippen LogP contribution >= 0.6 is 0 Å². The summed E-state index contributed by atoms with van der Waals surface area (Å²) in [4.78, 5) is 17.1. The average molecular weight is 362 g/mol. The molecule has 0 bridgehead atoms. The van der Waals surface area contributed by atoms with Crippen molar-refractivity contribution >= 4 is 22.8 Å². The molecule has 3 heterocycles. The summed E-state index contributed by atoms with van der Waals surface area (Å²) >= 11 is 0. The van der Waals surface area contributed by atoms with Crippen molar-refractivity contribution in [2.24, 2.45) is 0 Å². The summed E-state index contributed by atoms with van der Waals surface area (Å²) in [6.07, 6.45) is 2.83. The summed E-state index contributed by atoms with van der Waals surface area (Å²) < 4.78 is 16.6. The van der Waals surface area contributed by atoms with Crippen LogP contribution in [0.5, 0.6) is 0 Å². The normalized spacial score (nSPS) is 11.3. The number of anilines is 2. The number of aryl methyl sites for hydroxylation is 1. The van der Waals surface area contributed by atoms with Gasteiger partial charge in [-0.3, -0.25) is 0 Å². The standard InChI is InChI=1S/C20H19FN6/c1-12(2)27-13(3)24-16-8-7-14(10-17(16)27)19-15(21)11-23-20(26-19)25-18-6-4-5-9-22-18/h4-12H,1-3H3,(H,22,23,25,26). The van der Waals surface area contributed by atoms with Gasteiger partial charge >= 0.3 is 0 Å². The smallest absolute Gasteiger partial charge is 0.229 e. The van der Waals surface area contributed by atoms with Gasteiger partial charge in [0.2, 0.25) is 5.95 Å². The third-order valence-corrected chi connectivity index (χ3v) is 4.30. The number of rotatable bonds is 4. The highest BCUT2D eigenvalue weighted by Gasteiger charge is 2.15. The lowest BCUT2D eigenvalue weighted by molar-refractivity contribution is 0.600. The number of imidazole rings is 1. The number of hydrogen-bond acceptors (Lipinski definition) is 5. The zero-order valence-corrected chi connectivity index (χ0v) is 15.3. The first-order valence-electron chi connectivity index (χ1n) is 8.72. The van der Waals surface area contributed by atoms with Crippen LogP contribution < -0.4 is 5.32 Å². The lowest BCUT2D eigenvalue weighted by atomic mass is 10.1. The van der Waals surface area contributed by atoms with Crippen molar-refractivity contribution < 1.29 is 4.39 Å². The maximum atomic E-state index is 14.5. The molecule has 136 valence electrons. The molecule has 0 amide bonds. The molecular formula is C20H19FN6. The zero-order chi connectivity index (χ0) is 19.0. The minimum Gasteiger partial charge on any atom is -0.326 e. The molecule has 0 aliphatic heterocycles. The van der Waals surface area contributed by atoms with Crippen molar-refractivity contribution in [2.45, 2.75) is 26.8 Å². The fourth-order valence-corrected chi connectivity index (χ4v) is 3.19. The van der Waals surface area contributed by atoms with Crippen LogP contribution in [0, 0.1) is 12.7 Å². The second-order valence-corrected chi connectivity index (χ2v) is 6.56. The third-order valence-electron chi connectivity index (χ3n) is 4.30. The van der Waals surface area contributed by atoms with Crippen LogP contribution in [0.25, 0.3) is 22.3 Å². The van der Waals surface area contributed by atoms with Gasteiger partial charge in [-0.05, 0) is 45.0 Å². The number of nitrogens with zero attached hydrogens (tertiary/aromatic N) is 5. The minimum atomic E-state index is -0.478. The molecule has 6 nitrogen and oxygen atoms in total. The Morgan fingerprint density at radius 2 is 1.93 bits per heavy atom. The molecule has 27 heavy (non-hydrogen) atoms. The maximum Gasteiger partial charge on any atom is 0.229 e. The van der Waals surface area contributed by atoms with Crippen LogP contribution in [0.1, 0.15) is 25.7 Å². The van der Waals surface area contributed by atoms with Crippen molar-refractivity contribution in [3.05, 3.63) is 60.4 Å². The molecular weight excluding hydrogens is 343 g/mol. The number of aromatic nitrogens is 5. The van der Waals surface area contributed by atoms with Crippen molar-refractivity contribution in [3.8, 4) is 11.3 Å². The van der Waals surface area contributed by atoms with Crippen molar-refractivity contribution in [1.29, 1.82) is 0 Å². The summed E-state index contributed by atoms with van der Waals surface area (Å²) in [6.45, 7) is 6.17. The summed E-state index contributed by atoms with van der Waals surface area (Å²) in [5.74, 6) is 1.34. The van der Waals surface area contributed by atoms with Gasteiger partial charge in [0.25, 0.3) is 0 Å². The highest BCUT2D eigenvalue weighted by molar-refractivity contribution is 5.82. The van der Waals surface area contributed by atoms with Crippen molar-refractivity contribution in [1.82, 2.24) is 24.5 Å². The van der Waals surface area contributed by atoms with E-state index in [2.05, 4.69) is 43.7 Å². The Labute approximate surface area is 156 Å². The molecule has 0 saturated heterocycles. The summed E-state index contributed by atoms with van der Waals surface area (Å²) in [5, 5.41) is 2.99. The highest BCUT2D eigenvalue weighted by atomic mass is 19.1. The number of hydrogen-bond donors (Lipinski definition) is 1. The van der Waals surface area contributed by atoms with E-state index in [1.54, 1.807) is 12.3 Å². The molecule has 0 atom stereocenters. The molecule has 4 rings (SSSR count). The third kappa shape index (κ3) is 3.23. The summed E-state index contributed by atoms with van der Waals surface area (Å²) in [5.41, 5.74) is 2.75. The largest absolute Gasteiger partial charge is 0.326 e. The average Bonchev–Trinajstić information content (AvgIpc) is 2.99. The first-order valence-corrected chi connectivity index (χ1v) is 8.72.